The Balaban J connectivity index is 1.71. The van der Waals surface area contributed by atoms with Crippen LogP contribution in [-0.4, -0.2) is 22.1 Å². The Bertz CT molecular complexity index is 853. The van der Waals surface area contributed by atoms with Crippen LogP contribution in [0.2, 0.25) is 0 Å². The van der Waals surface area contributed by atoms with Crippen LogP contribution in [0.1, 0.15) is 28.7 Å². The Morgan fingerprint density at radius 2 is 1.92 bits per heavy atom. The van der Waals surface area contributed by atoms with E-state index in [2.05, 4.69) is 10.3 Å². The van der Waals surface area contributed by atoms with Crippen molar-refractivity contribution in [2.45, 2.75) is 20.4 Å². The van der Waals surface area contributed by atoms with Gasteiger partial charge in [-0.3, -0.25) is 4.79 Å². The van der Waals surface area contributed by atoms with Gasteiger partial charge in [-0.15, -0.1) is 0 Å². The molecule has 3 aromatic rings. The van der Waals surface area contributed by atoms with Crippen molar-refractivity contribution in [1.29, 1.82) is 0 Å². The number of hydrogen-bond donors (Lipinski definition) is 1. The van der Waals surface area contributed by atoms with E-state index in [1.54, 1.807) is 30.5 Å². The minimum atomic E-state index is -0.111. The third kappa shape index (κ3) is 3.88. The van der Waals surface area contributed by atoms with Gasteiger partial charge in [0.1, 0.15) is 11.6 Å². The number of para-hydroxylation sites is 1. The number of nitrogens with zero attached hydrogens (tertiary/aromatic N) is 2. The first-order valence-corrected chi connectivity index (χ1v) is 8.28. The Morgan fingerprint density at radius 3 is 2.60 bits per heavy atom. The average molecular weight is 335 g/mol. The molecular weight excluding hydrogens is 314 g/mol. The fourth-order valence-electron chi connectivity index (χ4n) is 2.67. The number of ether oxygens (including phenoxy) is 1. The molecule has 0 atom stereocenters. The Morgan fingerprint density at radius 1 is 1.16 bits per heavy atom. The first kappa shape index (κ1) is 16.8. The zero-order valence-corrected chi connectivity index (χ0v) is 14.4. The summed E-state index contributed by atoms with van der Waals surface area (Å²) >= 11 is 0. The van der Waals surface area contributed by atoms with Crippen molar-refractivity contribution in [2.75, 3.05) is 6.61 Å². The number of carbonyl (C=O) groups excluding carboxylic acids is 1. The van der Waals surface area contributed by atoms with E-state index in [4.69, 9.17) is 4.74 Å². The zero-order valence-electron chi connectivity index (χ0n) is 14.4. The molecule has 5 nitrogen and oxygen atoms in total. The first-order chi connectivity index (χ1) is 12.2. The van der Waals surface area contributed by atoms with Gasteiger partial charge in [0, 0.05) is 24.5 Å². The van der Waals surface area contributed by atoms with E-state index in [-0.39, 0.29) is 5.91 Å². The fraction of sp³-hybridized carbons (Fsp3) is 0.200. The number of hydrogen-bond acceptors (Lipinski definition) is 3. The molecule has 0 saturated carbocycles. The summed E-state index contributed by atoms with van der Waals surface area (Å²) in [4.78, 5) is 16.6. The third-order valence-corrected chi connectivity index (χ3v) is 3.94. The second-order valence-electron chi connectivity index (χ2n) is 5.61. The highest BCUT2D eigenvalue weighted by Crippen LogP contribution is 2.17. The fourth-order valence-corrected chi connectivity index (χ4v) is 2.67. The van der Waals surface area contributed by atoms with E-state index < -0.39 is 0 Å². The van der Waals surface area contributed by atoms with Crippen molar-refractivity contribution in [2.24, 2.45) is 0 Å². The molecule has 2 aromatic carbocycles. The van der Waals surface area contributed by atoms with Crippen molar-refractivity contribution in [3.63, 3.8) is 0 Å². The molecule has 0 spiro atoms. The standard InChI is InChI=1S/C20H21N3O2/c1-3-25-18-10-8-16(9-11-18)20(24)22-14-17-6-4-5-7-19(17)23-13-12-21-15(23)2/h4-13H,3,14H2,1-2H3,(H,22,24). The maximum absolute atomic E-state index is 12.4. The number of aryl methyl sites for hydroxylation is 1. The van der Waals surface area contributed by atoms with Gasteiger partial charge in [0.05, 0.1) is 12.3 Å². The summed E-state index contributed by atoms with van der Waals surface area (Å²) < 4.78 is 7.41. The molecule has 1 amide bonds. The monoisotopic (exact) mass is 335 g/mol. The van der Waals surface area contributed by atoms with Gasteiger partial charge in [-0.25, -0.2) is 4.98 Å². The second-order valence-corrected chi connectivity index (χ2v) is 5.61. The van der Waals surface area contributed by atoms with Crippen molar-refractivity contribution < 1.29 is 9.53 Å². The number of imidazole rings is 1. The van der Waals surface area contributed by atoms with Crippen molar-refractivity contribution in [3.05, 3.63) is 77.9 Å². The molecule has 25 heavy (non-hydrogen) atoms. The SMILES string of the molecule is CCOc1ccc(C(=O)NCc2ccccc2-n2ccnc2C)cc1. The van der Waals surface area contributed by atoms with Crippen LogP contribution in [0.4, 0.5) is 0 Å². The average Bonchev–Trinajstić information content (AvgIpc) is 3.06. The molecule has 128 valence electrons. The number of amides is 1. The van der Waals surface area contributed by atoms with Crippen molar-refractivity contribution in [1.82, 2.24) is 14.9 Å². The van der Waals surface area contributed by atoms with Crippen LogP contribution in [0, 0.1) is 6.92 Å². The number of aromatic nitrogens is 2. The highest BCUT2D eigenvalue weighted by molar-refractivity contribution is 5.94. The topological polar surface area (TPSA) is 56.1 Å². The van der Waals surface area contributed by atoms with Gasteiger partial charge >= 0.3 is 0 Å². The number of rotatable bonds is 6. The highest BCUT2D eigenvalue weighted by atomic mass is 16.5. The lowest BCUT2D eigenvalue weighted by Gasteiger charge is -2.13. The number of nitrogens with one attached hydrogen (secondary N) is 1. The predicted molar refractivity (Wildman–Crippen MR) is 97.1 cm³/mol. The zero-order chi connectivity index (χ0) is 17.6. The van der Waals surface area contributed by atoms with Crippen LogP contribution in [0.15, 0.2) is 60.9 Å². The summed E-state index contributed by atoms with van der Waals surface area (Å²) in [6.07, 6.45) is 3.69. The maximum Gasteiger partial charge on any atom is 0.251 e. The minimum absolute atomic E-state index is 0.111. The normalized spacial score (nSPS) is 10.5. The second kappa shape index (κ2) is 7.66. The van der Waals surface area contributed by atoms with Crippen LogP contribution in [0.3, 0.4) is 0 Å². The van der Waals surface area contributed by atoms with Crippen LogP contribution >= 0.6 is 0 Å². The molecule has 0 bridgehead atoms. The van der Waals surface area contributed by atoms with Crippen molar-refractivity contribution >= 4 is 5.91 Å². The van der Waals surface area contributed by atoms with Crippen LogP contribution < -0.4 is 10.1 Å². The Hall–Kier alpha value is -3.08. The quantitative estimate of drug-likeness (QED) is 0.750. The largest absolute Gasteiger partial charge is 0.494 e. The Kier molecular flexibility index (Phi) is 5.14. The summed E-state index contributed by atoms with van der Waals surface area (Å²) in [5.41, 5.74) is 2.66. The molecule has 0 aliphatic carbocycles. The van der Waals surface area contributed by atoms with E-state index in [1.165, 1.54) is 0 Å². The third-order valence-electron chi connectivity index (χ3n) is 3.94. The molecule has 1 heterocycles. The molecule has 1 N–H and O–H groups in total. The van der Waals surface area contributed by atoms with E-state index in [0.29, 0.717) is 18.7 Å². The van der Waals surface area contributed by atoms with Crippen molar-refractivity contribution in [3.8, 4) is 11.4 Å². The number of benzene rings is 2. The van der Waals surface area contributed by atoms with Gasteiger partial charge in [-0.05, 0) is 49.7 Å². The van der Waals surface area contributed by atoms with E-state index in [0.717, 1.165) is 22.8 Å². The van der Waals surface area contributed by atoms with Gasteiger partial charge in [0.2, 0.25) is 0 Å². The predicted octanol–water partition coefficient (Wildman–Crippen LogP) is 3.51. The van der Waals surface area contributed by atoms with E-state index >= 15 is 0 Å². The Labute approximate surface area is 147 Å². The highest BCUT2D eigenvalue weighted by Gasteiger charge is 2.09. The van der Waals surface area contributed by atoms with Gasteiger partial charge in [-0.1, -0.05) is 18.2 Å². The van der Waals surface area contributed by atoms with Crippen LogP contribution in [-0.2, 0) is 6.54 Å². The van der Waals surface area contributed by atoms with Crippen LogP contribution in [0.5, 0.6) is 5.75 Å². The molecule has 5 heteroatoms. The number of carbonyl (C=O) groups is 1. The van der Waals surface area contributed by atoms with E-state index in [9.17, 15) is 4.79 Å². The molecule has 0 unspecified atom stereocenters. The maximum atomic E-state index is 12.4. The van der Waals surface area contributed by atoms with Gasteiger partial charge in [0.25, 0.3) is 5.91 Å². The van der Waals surface area contributed by atoms with Gasteiger partial charge in [0.15, 0.2) is 0 Å². The lowest BCUT2D eigenvalue weighted by atomic mass is 10.1. The summed E-state index contributed by atoms with van der Waals surface area (Å²) in [7, 11) is 0. The molecular formula is C20H21N3O2. The molecule has 3 rings (SSSR count). The first-order valence-electron chi connectivity index (χ1n) is 8.28. The van der Waals surface area contributed by atoms with E-state index in [1.807, 2.05) is 48.9 Å². The van der Waals surface area contributed by atoms with Gasteiger partial charge < -0.3 is 14.6 Å². The summed E-state index contributed by atoms with van der Waals surface area (Å²) in [6, 6.07) is 15.1. The summed E-state index contributed by atoms with van der Waals surface area (Å²) in [5.74, 6) is 1.56. The minimum Gasteiger partial charge on any atom is -0.494 e. The lowest BCUT2D eigenvalue weighted by molar-refractivity contribution is 0.0951. The molecule has 0 aliphatic rings. The summed E-state index contributed by atoms with van der Waals surface area (Å²) in [5, 5.41) is 2.98. The van der Waals surface area contributed by atoms with Gasteiger partial charge in [-0.2, -0.15) is 0 Å². The molecule has 0 fully saturated rings. The molecule has 0 saturated heterocycles. The summed E-state index contributed by atoms with van der Waals surface area (Å²) in [6.45, 7) is 4.94. The van der Waals surface area contributed by atoms with Crippen LogP contribution in [0.25, 0.3) is 5.69 Å². The lowest BCUT2D eigenvalue weighted by Crippen LogP contribution is -2.23. The molecule has 1 aromatic heterocycles. The molecule has 0 radical (unpaired) electrons. The molecule has 0 aliphatic heterocycles. The smallest absolute Gasteiger partial charge is 0.251 e.